The van der Waals surface area contributed by atoms with Crippen LogP contribution < -0.4 is 0 Å². The van der Waals surface area contributed by atoms with Crippen molar-refractivity contribution in [3.8, 4) is 0 Å². The fraction of sp³-hybridized carbons (Fsp3) is 0.545. The number of carboxylic acid groups (broad SMARTS) is 1. The van der Waals surface area contributed by atoms with Gasteiger partial charge in [-0.25, -0.2) is 4.79 Å². The Labute approximate surface area is 113 Å². The molecular weight excluding hydrogens is 272 g/mol. The summed E-state index contributed by atoms with van der Waals surface area (Å²) in [4.78, 5) is 24.7. The summed E-state index contributed by atoms with van der Waals surface area (Å²) in [5, 5.41) is 12.6. The zero-order valence-corrected chi connectivity index (χ0v) is 11.3. The SMILES string of the molecule is COCc1cc(C(=O)N2C(C)SCC2C(=O)O)no1. The van der Waals surface area contributed by atoms with Crippen molar-refractivity contribution >= 4 is 23.6 Å². The molecule has 7 nitrogen and oxygen atoms in total. The third kappa shape index (κ3) is 2.74. The van der Waals surface area contributed by atoms with E-state index in [9.17, 15) is 9.59 Å². The van der Waals surface area contributed by atoms with Crippen molar-refractivity contribution in [2.24, 2.45) is 0 Å². The van der Waals surface area contributed by atoms with Crippen LogP contribution in [-0.4, -0.2) is 51.3 Å². The first kappa shape index (κ1) is 13.9. The largest absolute Gasteiger partial charge is 0.480 e. The Balaban J connectivity index is 2.19. The normalized spacial score (nSPS) is 22.7. The maximum Gasteiger partial charge on any atom is 0.327 e. The Morgan fingerprint density at radius 1 is 1.68 bits per heavy atom. The topological polar surface area (TPSA) is 92.9 Å². The van der Waals surface area contributed by atoms with Gasteiger partial charge in [0, 0.05) is 18.9 Å². The fourth-order valence-corrected chi connectivity index (χ4v) is 3.06. The van der Waals surface area contributed by atoms with Crippen LogP contribution in [0.5, 0.6) is 0 Å². The van der Waals surface area contributed by atoms with Crippen LogP contribution in [0.15, 0.2) is 10.6 Å². The minimum absolute atomic E-state index is 0.104. The minimum Gasteiger partial charge on any atom is -0.480 e. The Morgan fingerprint density at radius 3 is 3.05 bits per heavy atom. The maximum absolute atomic E-state index is 12.3. The number of amides is 1. The summed E-state index contributed by atoms with van der Waals surface area (Å²) < 4.78 is 9.81. The van der Waals surface area contributed by atoms with Gasteiger partial charge in [0.25, 0.3) is 5.91 Å². The third-order valence-corrected chi connectivity index (χ3v) is 4.02. The standard InChI is InChI=1S/C11H14N2O5S/c1-6-13(9(5-19-6)11(15)16)10(14)8-3-7(4-17-2)18-12-8/h3,6,9H,4-5H2,1-2H3,(H,15,16). The monoisotopic (exact) mass is 286 g/mol. The van der Waals surface area contributed by atoms with Crippen LogP contribution in [0.4, 0.5) is 0 Å². The van der Waals surface area contributed by atoms with Crippen LogP contribution in [0, 0.1) is 0 Å². The smallest absolute Gasteiger partial charge is 0.327 e. The molecule has 1 amide bonds. The van der Waals surface area contributed by atoms with Gasteiger partial charge in [-0.3, -0.25) is 4.79 Å². The maximum atomic E-state index is 12.3. The van der Waals surface area contributed by atoms with E-state index in [1.54, 1.807) is 6.92 Å². The van der Waals surface area contributed by atoms with Gasteiger partial charge in [0.1, 0.15) is 12.6 Å². The van der Waals surface area contributed by atoms with E-state index in [2.05, 4.69) is 5.16 Å². The van der Waals surface area contributed by atoms with Crippen LogP contribution in [0.3, 0.4) is 0 Å². The lowest BCUT2D eigenvalue weighted by Gasteiger charge is -2.23. The molecule has 1 aromatic heterocycles. The van der Waals surface area contributed by atoms with Crippen molar-refractivity contribution in [3.05, 3.63) is 17.5 Å². The summed E-state index contributed by atoms with van der Waals surface area (Å²) in [7, 11) is 1.50. The van der Waals surface area contributed by atoms with Crippen LogP contribution in [-0.2, 0) is 16.1 Å². The number of rotatable bonds is 4. The van der Waals surface area contributed by atoms with Gasteiger partial charge in [0.2, 0.25) is 0 Å². The average Bonchev–Trinajstić information content (AvgIpc) is 2.95. The number of thioether (sulfide) groups is 1. The number of aliphatic carboxylic acids is 1. The molecule has 0 aliphatic carbocycles. The number of ether oxygens (including phenoxy) is 1. The van der Waals surface area contributed by atoms with Crippen molar-refractivity contribution < 1.29 is 24.0 Å². The van der Waals surface area contributed by atoms with E-state index in [-0.39, 0.29) is 17.7 Å². The number of hydrogen-bond acceptors (Lipinski definition) is 6. The molecule has 0 bridgehead atoms. The first-order valence-corrected chi connectivity index (χ1v) is 6.71. The van der Waals surface area contributed by atoms with Crippen molar-refractivity contribution in [1.82, 2.24) is 10.1 Å². The van der Waals surface area contributed by atoms with Crippen molar-refractivity contribution in [1.29, 1.82) is 0 Å². The van der Waals surface area contributed by atoms with Gasteiger partial charge in [0.05, 0.1) is 5.37 Å². The lowest BCUT2D eigenvalue weighted by molar-refractivity contribution is -0.141. The Kier molecular flexibility index (Phi) is 4.11. The molecule has 1 N–H and O–H groups in total. The van der Waals surface area contributed by atoms with E-state index >= 15 is 0 Å². The summed E-state index contributed by atoms with van der Waals surface area (Å²) in [6, 6.07) is 0.649. The molecule has 1 fully saturated rings. The summed E-state index contributed by atoms with van der Waals surface area (Å²) in [6.45, 7) is 2.01. The Bertz CT molecular complexity index is 489. The van der Waals surface area contributed by atoms with Crippen LogP contribution in [0.1, 0.15) is 23.2 Å². The van der Waals surface area contributed by atoms with E-state index in [0.29, 0.717) is 11.5 Å². The molecule has 8 heteroatoms. The second kappa shape index (κ2) is 5.62. The number of carbonyl (C=O) groups excluding carboxylic acids is 1. The molecule has 0 spiro atoms. The molecule has 0 saturated carbocycles. The minimum atomic E-state index is -1.01. The summed E-state index contributed by atoms with van der Waals surface area (Å²) in [6.07, 6.45) is 0. The lowest BCUT2D eigenvalue weighted by Crippen LogP contribution is -2.44. The van der Waals surface area contributed by atoms with Gasteiger partial charge in [-0.1, -0.05) is 5.16 Å². The number of aromatic nitrogens is 1. The number of methoxy groups -OCH3 is 1. The summed E-state index contributed by atoms with van der Waals surface area (Å²) in [5.74, 6) is -0.635. The highest BCUT2D eigenvalue weighted by Gasteiger charge is 2.40. The van der Waals surface area contributed by atoms with Gasteiger partial charge >= 0.3 is 5.97 Å². The van der Waals surface area contributed by atoms with Crippen LogP contribution >= 0.6 is 11.8 Å². The van der Waals surface area contributed by atoms with Gasteiger partial charge in [-0.15, -0.1) is 11.8 Å². The molecule has 19 heavy (non-hydrogen) atoms. The van der Waals surface area contributed by atoms with Crippen molar-refractivity contribution in [2.75, 3.05) is 12.9 Å². The molecule has 104 valence electrons. The second-order valence-electron chi connectivity index (χ2n) is 4.11. The molecule has 2 heterocycles. The second-order valence-corrected chi connectivity index (χ2v) is 5.46. The Morgan fingerprint density at radius 2 is 2.42 bits per heavy atom. The first-order valence-electron chi connectivity index (χ1n) is 5.66. The molecule has 0 aromatic carbocycles. The first-order chi connectivity index (χ1) is 9.04. The highest BCUT2D eigenvalue weighted by atomic mass is 32.2. The molecular formula is C11H14N2O5S. The lowest BCUT2D eigenvalue weighted by atomic mass is 10.2. The van der Waals surface area contributed by atoms with Gasteiger partial charge in [-0.05, 0) is 6.92 Å². The molecule has 2 rings (SSSR count). The van der Waals surface area contributed by atoms with E-state index < -0.39 is 17.9 Å². The predicted octanol–water partition coefficient (Wildman–Crippen LogP) is 0.809. The molecule has 1 aliphatic rings. The van der Waals surface area contributed by atoms with Crippen molar-refractivity contribution in [3.63, 3.8) is 0 Å². The van der Waals surface area contributed by atoms with Crippen LogP contribution in [0.2, 0.25) is 0 Å². The van der Waals surface area contributed by atoms with Gasteiger partial charge in [0.15, 0.2) is 11.5 Å². The van der Waals surface area contributed by atoms with Gasteiger partial charge < -0.3 is 19.3 Å². The third-order valence-electron chi connectivity index (χ3n) is 2.81. The molecule has 2 atom stereocenters. The molecule has 0 radical (unpaired) electrons. The molecule has 2 unspecified atom stereocenters. The number of nitrogens with zero attached hydrogens (tertiary/aromatic N) is 2. The van der Waals surface area contributed by atoms with E-state index in [1.807, 2.05) is 0 Å². The van der Waals surface area contributed by atoms with Gasteiger partial charge in [-0.2, -0.15) is 0 Å². The highest BCUT2D eigenvalue weighted by Crippen LogP contribution is 2.30. The number of hydrogen-bond donors (Lipinski definition) is 1. The molecule has 1 aliphatic heterocycles. The summed E-state index contributed by atoms with van der Waals surface area (Å²) >= 11 is 1.42. The van der Waals surface area contributed by atoms with E-state index in [4.69, 9.17) is 14.4 Å². The van der Waals surface area contributed by atoms with Crippen molar-refractivity contribution in [2.45, 2.75) is 24.9 Å². The molecule has 1 aromatic rings. The predicted molar refractivity (Wildman–Crippen MR) is 66.7 cm³/mol. The zero-order valence-electron chi connectivity index (χ0n) is 10.5. The summed E-state index contributed by atoms with van der Waals surface area (Å²) in [5.41, 5.74) is 0.104. The number of carbonyl (C=O) groups is 2. The highest BCUT2D eigenvalue weighted by molar-refractivity contribution is 8.00. The quantitative estimate of drug-likeness (QED) is 0.875. The average molecular weight is 286 g/mol. The van der Waals surface area contributed by atoms with Crippen LogP contribution in [0.25, 0.3) is 0 Å². The fourth-order valence-electron chi connectivity index (χ4n) is 1.90. The zero-order chi connectivity index (χ0) is 14.0. The number of carboxylic acids is 1. The van der Waals surface area contributed by atoms with E-state index in [0.717, 1.165) is 0 Å². The Hall–Kier alpha value is -1.54. The van der Waals surface area contributed by atoms with E-state index in [1.165, 1.54) is 29.8 Å². The molecule has 1 saturated heterocycles.